The Labute approximate surface area is 171 Å². The zero-order valence-electron chi connectivity index (χ0n) is 17.0. The Morgan fingerprint density at radius 3 is 2.54 bits per heavy atom. The van der Waals surface area contributed by atoms with Gasteiger partial charge in [-0.1, -0.05) is 48.5 Å². The van der Waals surface area contributed by atoms with Crippen molar-refractivity contribution in [1.82, 2.24) is 10.6 Å². The molecule has 2 unspecified atom stereocenters. The highest BCUT2D eigenvalue weighted by molar-refractivity contribution is 7.84. The minimum Gasteiger partial charge on any atom is -0.489 e. The summed E-state index contributed by atoms with van der Waals surface area (Å²) >= 11 is 0. The van der Waals surface area contributed by atoms with E-state index in [0.29, 0.717) is 24.6 Å². The number of aliphatic imine (C=N–C) groups is 1. The molecule has 2 atom stereocenters. The quantitative estimate of drug-likeness (QED) is 0.474. The second-order valence-corrected chi connectivity index (χ2v) is 8.19. The first-order chi connectivity index (χ1) is 13.6. The molecule has 0 aromatic heterocycles. The van der Waals surface area contributed by atoms with E-state index in [1.807, 2.05) is 75.4 Å². The molecular weight excluding hydrogens is 370 g/mol. The molecule has 2 N–H and O–H groups in total. The maximum atomic E-state index is 12.2. The first kappa shape index (κ1) is 22.0. The molecule has 152 valence electrons. The van der Waals surface area contributed by atoms with Crippen LogP contribution in [0.25, 0.3) is 0 Å². The molecule has 0 radical (unpaired) electrons. The van der Waals surface area contributed by atoms with E-state index >= 15 is 0 Å². The first-order valence-corrected chi connectivity index (χ1v) is 11.2. The Morgan fingerprint density at radius 1 is 1.11 bits per heavy atom. The molecule has 0 amide bonds. The lowest BCUT2D eigenvalue weighted by atomic mass is 10.2. The van der Waals surface area contributed by atoms with E-state index in [-0.39, 0.29) is 6.10 Å². The van der Waals surface area contributed by atoms with Crippen molar-refractivity contribution < 1.29 is 8.95 Å². The van der Waals surface area contributed by atoms with Crippen molar-refractivity contribution in [2.45, 2.75) is 32.6 Å². The van der Waals surface area contributed by atoms with Crippen LogP contribution in [0.1, 0.15) is 25.0 Å². The summed E-state index contributed by atoms with van der Waals surface area (Å²) in [6, 6.07) is 17.9. The highest BCUT2D eigenvalue weighted by Crippen LogP contribution is 2.17. The van der Waals surface area contributed by atoms with Crippen LogP contribution in [-0.2, 0) is 16.6 Å². The SMILES string of the molecule is CCNC(=NCC(C)Oc1ccccc1C)NCCS(=O)Cc1ccccc1. The van der Waals surface area contributed by atoms with Crippen LogP contribution < -0.4 is 15.4 Å². The number of hydrogen-bond acceptors (Lipinski definition) is 3. The maximum Gasteiger partial charge on any atom is 0.191 e. The summed E-state index contributed by atoms with van der Waals surface area (Å²) in [5.41, 5.74) is 2.22. The highest BCUT2D eigenvalue weighted by Gasteiger charge is 2.07. The van der Waals surface area contributed by atoms with Crippen molar-refractivity contribution >= 4 is 16.8 Å². The fourth-order valence-corrected chi connectivity index (χ4v) is 3.66. The fourth-order valence-electron chi connectivity index (χ4n) is 2.62. The number of rotatable bonds is 10. The van der Waals surface area contributed by atoms with Gasteiger partial charge in [0.05, 0.1) is 6.54 Å². The third-order valence-electron chi connectivity index (χ3n) is 4.07. The zero-order valence-corrected chi connectivity index (χ0v) is 17.8. The van der Waals surface area contributed by atoms with Gasteiger partial charge in [0.25, 0.3) is 0 Å². The van der Waals surface area contributed by atoms with Crippen LogP contribution in [0.5, 0.6) is 5.75 Å². The van der Waals surface area contributed by atoms with Gasteiger partial charge < -0.3 is 15.4 Å². The van der Waals surface area contributed by atoms with Gasteiger partial charge in [-0.25, -0.2) is 4.99 Å². The number of benzene rings is 2. The smallest absolute Gasteiger partial charge is 0.191 e. The molecule has 28 heavy (non-hydrogen) atoms. The largest absolute Gasteiger partial charge is 0.489 e. The first-order valence-electron chi connectivity index (χ1n) is 9.72. The van der Waals surface area contributed by atoms with Crippen LogP contribution in [0.2, 0.25) is 0 Å². The monoisotopic (exact) mass is 401 g/mol. The molecule has 0 spiro atoms. The molecule has 6 heteroatoms. The number of nitrogens with one attached hydrogen (secondary N) is 2. The summed E-state index contributed by atoms with van der Waals surface area (Å²) in [5, 5.41) is 6.48. The zero-order chi connectivity index (χ0) is 20.2. The summed E-state index contributed by atoms with van der Waals surface area (Å²) in [6.45, 7) is 7.99. The lowest BCUT2D eigenvalue weighted by molar-refractivity contribution is 0.228. The van der Waals surface area contributed by atoms with Gasteiger partial charge in [-0.3, -0.25) is 4.21 Å². The van der Waals surface area contributed by atoms with Crippen LogP contribution in [0.15, 0.2) is 59.6 Å². The standard InChI is InChI=1S/C22H31N3O2S/c1-4-23-22(24-14-15-28(26)17-20-11-6-5-7-12-20)25-16-19(3)27-21-13-9-8-10-18(21)2/h5-13,19H,4,14-17H2,1-3H3,(H2,23,24,25). The topological polar surface area (TPSA) is 62.7 Å². The summed E-state index contributed by atoms with van der Waals surface area (Å²) < 4.78 is 18.2. The molecule has 2 rings (SSSR count). The number of ether oxygens (including phenoxy) is 1. The van der Waals surface area contributed by atoms with Crippen molar-refractivity contribution in [3.05, 3.63) is 65.7 Å². The number of para-hydroxylation sites is 1. The van der Waals surface area contributed by atoms with E-state index in [2.05, 4.69) is 15.6 Å². The summed E-state index contributed by atoms with van der Waals surface area (Å²) in [5.74, 6) is 2.77. The molecule has 2 aromatic rings. The van der Waals surface area contributed by atoms with E-state index in [4.69, 9.17) is 4.74 Å². The maximum absolute atomic E-state index is 12.2. The van der Waals surface area contributed by atoms with Crippen molar-refractivity contribution in [3.63, 3.8) is 0 Å². The summed E-state index contributed by atoms with van der Waals surface area (Å²) in [4.78, 5) is 4.59. The lowest BCUT2D eigenvalue weighted by Gasteiger charge is -2.16. The molecular formula is C22H31N3O2S. The van der Waals surface area contributed by atoms with Gasteiger partial charge in [-0.05, 0) is 38.0 Å². The van der Waals surface area contributed by atoms with Crippen LogP contribution >= 0.6 is 0 Å². The number of guanidine groups is 1. The molecule has 0 fully saturated rings. The Balaban J connectivity index is 1.78. The second kappa shape index (κ2) is 12.2. The Hall–Kier alpha value is -2.34. The second-order valence-electron chi connectivity index (χ2n) is 6.61. The number of aryl methyl sites for hydroxylation is 1. The molecule has 0 aliphatic heterocycles. The Bertz CT molecular complexity index is 765. The van der Waals surface area contributed by atoms with Gasteiger partial charge in [0, 0.05) is 35.4 Å². The van der Waals surface area contributed by atoms with Gasteiger partial charge in [-0.2, -0.15) is 0 Å². The Kier molecular flexibility index (Phi) is 9.55. The van der Waals surface area contributed by atoms with Crippen LogP contribution in [-0.4, -0.2) is 41.7 Å². The fraction of sp³-hybridized carbons (Fsp3) is 0.409. The van der Waals surface area contributed by atoms with Crippen molar-refractivity contribution in [1.29, 1.82) is 0 Å². The molecule has 0 heterocycles. The van der Waals surface area contributed by atoms with E-state index in [1.165, 1.54) is 0 Å². The molecule has 2 aromatic carbocycles. The van der Waals surface area contributed by atoms with E-state index in [0.717, 1.165) is 29.4 Å². The predicted molar refractivity (Wildman–Crippen MR) is 118 cm³/mol. The molecule has 0 bridgehead atoms. The van der Waals surface area contributed by atoms with Crippen LogP contribution in [0.4, 0.5) is 0 Å². The summed E-state index contributed by atoms with van der Waals surface area (Å²) in [7, 11) is -0.903. The average Bonchev–Trinajstić information content (AvgIpc) is 2.68. The molecule has 0 saturated carbocycles. The average molecular weight is 402 g/mol. The highest BCUT2D eigenvalue weighted by atomic mass is 32.2. The van der Waals surface area contributed by atoms with Crippen molar-refractivity contribution in [2.75, 3.05) is 25.4 Å². The molecule has 0 aliphatic rings. The third kappa shape index (κ3) is 8.13. The molecule has 0 aliphatic carbocycles. The minimum absolute atomic E-state index is 0.0382. The normalized spacial score (nSPS) is 13.6. The van der Waals surface area contributed by atoms with E-state index < -0.39 is 10.8 Å². The van der Waals surface area contributed by atoms with Gasteiger partial charge >= 0.3 is 0 Å². The minimum atomic E-state index is -0.903. The predicted octanol–water partition coefficient (Wildman–Crippen LogP) is 3.27. The van der Waals surface area contributed by atoms with Gasteiger partial charge in [0.2, 0.25) is 0 Å². The Morgan fingerprint density at radius 2 is 1.82 bits per heavy atom. The number of nitrogens with zero attached hydrogens (tertiary/aromatic N) is 1. The summed E-state index contributed by atoms with van der Waals surface area (Å²) in [6.07, 6.45) is -0.0382. The van der Waals surface area contributed by atoms with Gasteiger partial charge in [-0.15, -0.1) is 0 Å². The van der Waals surface area contributed by atoms with Crippen molar-refractivity contribution in [3.8, 4) is 5.75 Å². The molecule has 5 nitrogen and oxygen atoms in total. The van der Waals surface area contributed by atoms with Crippen LogP contribution in [0.3, 0.4) is 0 Å². The number of hydrogen-bond donors (Lipinski definition) is 2. The van der Waals surface area contributed by atoms with Gasteiger partial charge in [0.15, 0.2) is 5.96 Å². The van der Waals surface area contributed by atoms with E-state index in [9.17, 15) is 4.21 Å². The van der Waals surface area contributed by atoms with Crippen LogP contribution in [0, 0.1) is 6.92 Å². The molecule has 0 saturated heterocycles. The third-order valence-corrected chi connectivity index (χ3v) is 5.38. The lowest BCUT2D eigenvalue weighted by Crippen LogP contribution is -2.39. The van der Waals surface area contributed by atoms with Gasteiger partial charge in [0.1, 0.15) is 11.9 Å². The van der Waals surface area contributed by atoms with E-state index in [1.54, 1.807) is 0 Å². The van der Waals surface area contributed by atoms with Crippen molar-refractivity contribution in [2.24, 2.45) is 4.99 Å².